The fraction of sp³-hybridized carbons (Fsp3) is 0.462. The van der Waals surface area contributed by atoms with Gasteiger partial charge in [-0.2, -0.15) is 0 Å². The van der Waals surface area contributed by atoms with E-state index < -0.39 is 0 Å². The van der Waals surface area contributed by atoms with E-state index in [0.717, 1.165) is 32.2 Å². The molecular weight excluding hydrogens is 386 g/mol. The zero-order chi connectivity index (χ0) is 21.6. The van der Waals surface area contributed by atoms with Crippen LogP contribution in [-0.2, 0) is 9.59 Å². The van der Waals surface area contributed by atoms with Crippen LogP contribution < -0.4 is 10.6 Å². The van der Waals surface area contributed by atoms with Crippen LogP contribution in [0.2, 0.25) is 0 Å². The number of carbonyl (C=O) groups excluding carboxylic acids is 2. The number of piperidine rings is 1. The number of para-hydroxylation sites is 2. The van der Waals surface area contributed by atoms with E-state index >= 15 is 0 Å². The van der Waals surface area contributed by atoms with Gasteiger partial charge in [0.25, 0.3) is 0 Å². The Morgan fingerprint density at radius 1 is 0.806 bits per heavy atom. The van der Waals surface area contributed by atoms with E-state index in [1.54, 1.807) is 0 Å². The van der Waals surface area contributed by atoms with Gasteiger partial charge in [0.05, 0.1) is 17.4 Å². The molecule has 2 aromatic rings. The molecule has 2 amide bonds. The number of hydrogen-bond acceptors (Lipinski definition) is 3. The molecule has 0 bridgehead atoms. The van der Waals surface area contributed by atoms with E-state index in [1.807, 2.05) is 24.3 Å². The number of anilines is 2. The molecule has 5 heteroatoms. The minimum atomic E-state index is -0.145. The molecular formula is C26H33N3O2. The molecule has 0 aromatic heterocycles. The lowest BCUT2D eigenvalue weighted by molar-refractivity contribution is -0.124. The van der Waals surface area contributed by atoms with Crippen molar-refractivity contribution in [1.29, 1.82) is 0 Å². The summed E-state index contributed by atoms with van der Waals surface area (Å²) < 4.78 is 0. The summed E-state index contributed by atoms with van der Waals surface area (Å²) in [7, 11) is 0. The lowest BCUT2D eigenvalue weighted by Crippen LogP contribution is -2.54. The summed E-state index contributed by atoms with van der Waals surface area (Å²) in [6.45, 7) is 2.45. The number of nitrogens with one attached hydrogen (secondary N) is 2. The second-order valence-corrected chi connectivity index (χ2v) is 8.83. The van der Waals surface area contributed by atoms with Gasteiger partial charge in [0.15, 0.2) is 0 Å². The zero-order valence-corrected chi connectivity index (χ0v) is 18.3. The SMILES string of the molecule is CC(=O)Nc1ccccc1NC(=O)C1CCCCN1C1CCCCC1c1ccccc1. The van der Waals surface area contributed by atoms with Gasteiger partial charge in [-0.25, -0.2) is 0 Å². The average molecular weight is 420 g/mol. The molecule has 2 aromatic carbocycles. The molecule has 1 saturated carbocycles. The molecule has 4 rings (SSSR count). The third-order valence-electron chi connectivity index (χ3n) is 6.73. The summed E-state index contributed by atoms with van der Waals surface area (Å²) in [6.07, 6.45) is 7.91. The normalized spacial score (nSPS) is 24.4. The largest absolute Gasteiger partial charge is 0.325 e. The molecule has 5 nitrogen and oxygen atoms in total. The first-order valence-corrected chi connectivity index (χ1v) is 11.6. The van der Waals surface area contributed by atoms with Crippen LogP contribution in [0.15, 0.2) is 54.6 Å². The monoisotopic (exact) mass is 419 g/mol. The van der Waals surface area contributed by atoms with Gasteiger partial charge in [-0.3, -0.25) is 14.5 Å². The predicted octanol–water partition coefficient (Wildman–Crippen LogP) is 5.16. The maximum Gasteiger partial charge on any atom is 0.241 e. The fourth-order valence-electron chi connectivity index (χ4n) is 5.34. The van der Waals surface area contributed by atoms with Gasteiger partial charge < -0.3 is 10.6 Å². The van der Waals surface area contributed by atoms with Gasteiger partial charge >= 0.3 is 0 Å². The number of likely N-dealkylation sites (tertiary alicyclic amines) is 1. The molecule has 2 N–H and O–H groups in total. The van der Waals surface area contributed by atoms with Gasteiger partial charge in [-0.1, -0.05) is 61.7 Å². The van der Waals surface area contributed by atoms with Crippen LogP contribution in [0, 0.1) is 0 Å². The molecule has 1 saturated heterocycles. The standard InChI is InChI=1S/C26H33N3O2/c1-19(30)27-22-14-6-7-15-23(22)28-26(31)25-17-9-10-18-29(25)24-16-8-5-13-21(24)20-11-3-2-4-12-20/h2-4,6-7,11-12,14-15,21,24-25H,5,8-10,13,16-18H2,1H3,(H,27,30)(H,28,31). The molecule has 3 unspecified atom stereocenters. The van der Waals surface area contributed by atoms with Crippen molar-refractivity contribution < 1.29 is 9.59 Å². The van der Waals surface area contributed by atoms with E-state index in [4.69, 9.17) is 0 Å². The second kappa shape index (κ2) is 10.1. The summed E-state index contributed by atoms with van der Waals surface area (Å²) >= 11 is 0. The highest BCUT2D eigenvalue weighted by Gasteiger charge is 2.38. The van der Waals surface area contributed by atoms with Crippen LogP contribution in [0.4, 0.5) is 11.4 Å². The summed E-state index contributed by atoms with van der Waals surface area (Å²) in [4.78, 5) is 27.5. The van der Waals surface area contributed by atoms with Gasteiger partial charge in [-0.05, 0) is 55.8 Å². The molecule has 0 radical (unpaired) electrons. The lowest BCUT2D eigenvalue weighted by atomic mass is 9.78. The topological polar surface area (TPSA) is 61.4 Å². The van der Waals surface area contributed by atoms with Crippen LogP contribution in [-0.4, -0.2) is 35.3 Å². The first kappa shape index (κ1) is 21.6. The van der Waals surface area contributed by atoms with Crippen LogP contribution in [0.5, 0.6) is 0 Å². The molecule has 164 valence electrons. The molecule has 2 aliphatic rings. The Balaban J connectivity index is 1.54. The summed E-state index contributed by atoms with van der Waals surface area (Å²) in [6, 6.07) is 18.5. The Hall–Kier alpha value is -2.66. The Kier molecular flexibility index (Phi) is 7.03. The summed E-state index contributed by atoms with van der Waals surface area (Å²) in [5, 5.41) is 5.93. The second-order valence-electron chi connectivity index (χ2n) is 8.83. The molecule has 1 aliphatic heterocycles. The Morgan fingerprint density at radius 3 is 2.19 bits per heavy atom. The van der Waals surface area contributed by atoms with Crippen LogP contribution >= 0.6 is 0 Å². The van der Waals surface area contributed by atoms with Crippen LogP contribution in [0.1, 0.15) is 63.4 Å². The highest BCUT2D eigenvalue weighted by atomic mass is 16.2. The van der Waals surface area contributed by atoms with Gasteiger partial charge in [-0.15, -0.1) is 0 Å². The summed E-state index contributed by atoms with van der Waals surface area (Å²) in [5.74, 6) is 0.374. The number of hydrogen-bond donors (Lipinski definition) is 2. The van der Waals surface area contributed by atoms with E-state index in [1.165, 1.54) is 31.7 Å². The molecule has 3 atom stereocenters. The fourth-order valence-corrected chi connectivity index (χ4v) is 5.34. The van der Waals surface area contributed by atoms with Crippen molar-refractivity contribution in [2.24, 2.45) is 0 Å². The smallest absolute Gasteiger partial charge is 0.241 e. The van der Waals surface area contributed by atoms with Crippen molar-refractivity contribution in [3.63, 3.8) is 0 Å². The number of amides is 2. The minimum Gasteiger partial charge on any atom is -0.325 e. The van der Waals surface area contributed by atoms with Crippen molar-refractivity contribution in [2.75, 3.05) is 17.2 Å². The van der Waals surface area contributed by atoms with E-state index in [2.05, 4.69) is 45.9 Å². The maximum absolute atomic E-state index is 13.4. The quantitative estimate of drug-likeness (QED) is 0.703. The van der Waals surface area contributed by atoms with Crippen molar-refractivity contribution in [3.05, 3.63) is 60.2 Å². The molecule has 1 heterocycles. The molecule has 1 aliphatic carbocycles. The maximum atomic E-state index is 13.4. The first-order chi connectivity index (χ1) is 15.1. The third kappa shape index (κ3) is 5.16. The molecule has 31 heavy (non-hydrogen) atoms. The highest BCUT2D eigenvalue weighted by Crippen LogP contribution is 2.39. The highest BCUT2D eigenvalue weighted by molar-refractivity contribution is 6.00. The molecule has 0 spiro atoms. The van der Waals surface area contributed by atoms with E-state index in [-0.39, 0.29) is 17.9 Å². The minimum absolute atomic E-state index is 0.0369. The van der Waals surface area contributed by atoms with Gasteiger partial charge in [0.2, 0.25) is 11.8 Å². The van der Waals surface area contributed by atoms with Crippen LogP contribution in [0.3, 0.4) is 0 Å². The third-order valence-corrected chi connectivity index (χ3v) is 6.73. The Labute approximate surface area is 185 Å². The number of rotatable bonds is 5. The Morgan fingerprint density at radius 2 is 1.45 bits per heavy atom. The average Bonchev–Trinajstić information content (AvgIpc) is 2.80. The molecule has 2 fully saturated rings. The van der Waals surface area contributed by atoms with Crippen molar-refractivity contribution in [3.8, 4) is 0 Å². The first-order valence-electron chi connectivity index (χ1n) is 11.6. The van der Waals surface area contributed by atoms with Crippen molar-refractivity contribution in [1.82, 2.24) is 4.90 Å². The Bertz CT molecular complexity index is 899. The van der Waals surface area contributed by atoms with E-state index in [9.17, 15) is 9.59 Å². The lowest BCUT2D eigenvalue weighted by Gasteiger charge is -2.45. The number of benzene rings is 2. The number of nitrogens with zero attached hydrogens (tertiary/aromatic N) is 1. The van der Waals surface area contributed by atoms with Crippen LogP contribution in [0.25, 0.3) is 0 Å². The van der Waals surface area contributed by atoms with Gasteiger partial charge in [0, 0.05) is 13.0 Å². The zero-order valence-electron chi connectivity index (χ0n) is 18.3. The summed E-state index contributed by atoms with van der Waals surface area (Å²) in [5.41, 5.74) is 2.70. The predicted molar refractivity (Wildman–Crippen MR) is 125 cm³/mol. The van der Waals surface area contributed by atoms with Crippen molar-refractivity contribution in [2.45, 2.75) is 69.9 Å². The number of carbonyl (C=O) groups is 2. The van der Waals surface area contributed by atoms with Crippen molar-refractivity contribution >= 4 is 23.2 Å². The van der Waals surface area contributed by atoms with E-state index in [0.29, 0.717) is 23.3 Å². The van der Waals surface area contributed by atoms with Gasteiger partial charge in [0.1, 0.15) is 0 Å².